The number of benzene rings is 1. The van der Waals surface area contributed by atoms with E-state index >= 15 is 0 Å². The molecule has 2 aliphatic rings. The van der Waals surface area contributed by atoms with E-state index in [4.69, 9.17) is 0 Å². The smallest absolute Gasteiger partial charge is 0.0708 e. The van der Waals surface area contributed by atoms with E-state index < -0.39 is 0 Å². The average molecular weight is 287 g/mol. The molecule has 1 saturated heterocycles. The molecule has 2 fully saturated rings. The maximum atomic E-state index is 3.75. The predicted molar refractivity (Wildman–Crippen MR) is 88.2 cm³/mol. The quantitative estimate of drug-likeness (QED) is 0.891. The summed E-state index contributed by atoms with van der Waals surface area (Å²) >= 11 is 0. The van der Waals surface area contributed by atoms with Crippen molar-refractivity contribution >= 4 is 0 Å². The van der Waals surface area contributed by atoms with Crippen LogP contribution in [-0.4, -0.2) is 36.7 Å². The van der Waals surface area contributed by atoms with Gasteiger partial charge in [-0.05, 0) is 25.3 Å². The first-order chi connectivity index (χ1) is 10.3. The van der Waals surface area contributed by atoms with Crippen LogP contribution in [0.3, 0.4) is 0 Å². The molecular formula is C18H29N3. The van der Waals surface area contributed by atoms with Crippen molar-refractivity contribution in [3.63, 3.8) is 0 Å². The third kappa shape index (κ3) is 4.06. The van der Waals surface area contributed by atoms with Gasteiger partial charge in [-0.25, -0.2) is 0 Å². The minimum atomic E-state index is 0.398. The maximum Gasteiger partial charge on any atom is 0.0708 e. The number of hydrogen-bond donors (Lipinski definition) is 2. The first kappa shape index (κ1) is 15.0. The number of piperazine rings is 1. The van der Waals surface area contributed by atoms with Crippen LogP contribution in [0.5, 0.6) is 0 Å². The van der Waals surface area contributed by atoms with Crippen molar-refractivity contribution < 1.29 is 0 Å². The number of rotatable bonds is 4. The van der Waals surface area contributed by atoms with Gasteiger partial charge in [-0.15, -0.1) is 0 Å². The molecule has 0 radical (unpaired) electrons. The van der Waals surface area contributed by atoms with Crippen molar-refractivity contribution in [1.29, 1.82) is 0 Å². The molecule has 0 amide bonds. The Morgan fingerprint density at radius 3 is 2.67 bits per heavy atom. The van der Waals surface area contributed by atoms with Crippen LogP contribution in [0.15, 0.2) is 30.3 Å². The molecule has 2 N–H and O–H groups in total. The van der Waals surface area contributed by atoms with Gasteiger partial charge >= 0.3 is 0 Å². The summed E-state index contributed by atoms with van der Waals surface area (Å²) in [6.07, 6.45) is 7.51. The van der Waals surface area contributed by atoms with E-state index in [0.29, 0.717) is 12.2 Å². The first-order valence-electron chi connectivity index (χ1n) is 8.61. The number of nitrogens with zero attached hydrogens (tertiary/aromatic N) is 1. The molecule has 0 spiro atoms. The zero-order valence-electron chi connectivity index (χ0n) is 13.2. The summed E-state index contributed by atoms with van der Waals surface area (Å²) in [4.78, 5) is 2.71. The molecule has 0 bridgehead atoms. The van der Waals surface area contributed by atoms with E-state index in [1.165, 1.54) is 44.2 Å². The largest absolute Gasteiger partial charge is 0.300 e. The van der Waals surface area contributed by atoms with E-state index in [2.05, 4.69) is 52.8 Å². The summed E-state index contributed by atoms with van der Waals surface area (Å²) < 4.78 is 0. The second-order valence-electron chi connectivity index (χ2n) is 6.59. The third-order valence-electron chi connectivity index (χ3n) is 5.05. The number of nitrogens with one attached hydrogen (secondary N) is 2. The van der Waals surface area contributed by atoms with Crippen LogP contribution in [0.25, 0.3) is 0 Å². The molecule has 3 rings (SSSR count). The molecule has 1 aliphatic heterocycles. The first-order valence-corrected chi connectivity index (χ1v) is 8.61. The SMILES string of the molecule is CC(N[C@@H]1CN(C2CCCCC2)CCN1)c1ccccc1. The Labute approximate surface area is 129 Å². The highest BCUT2D eigenvalue weighted by Gasteiger charge is 2.27. The lowest BCUT2D eigenvalue weighted by molar-refractivity contribution is 0.102. The lowest BCUT2D eigenvalue weighted by Gasteiger charge is -2.41. The molecule has 3 nitrogen and oxygen atoms in total. The van der Waals surface area contributed by atoms with E-state index in [-0.39, 0.29) is 0 Å². The standard InChI is InChI=1S/C18H29N3/c1-15(16-8-4-2-5-9-16)20-18-14-21(13-12-19-18)17-10-6-3-7-11-17/h2,4-5,8-9,15,17-20H,3,6-7,10-14H2,1H3/t15?,18-/m1/s1. The van der Waals surface area contributed by atoms with E-state index in [1.54, 1.807) is 0 Å². The summed E-state index contributed by atoms with van der Waals surface area (Å²) in [5.41, 5.74) is 1.37. The van der Waals surface area contributed by atoms with Gasteiger partial charge < -0.3 is 0 Å². The molecule has 21 heavy (non-hydrogen) atoms. The van der Waals surface area contributed by atoms with Crippen LogP contribution in [0.4, 0.5) is 0 Å². The number of hydrogen-bond acceptors (Lipinski definition) is 3. The van der Waals surface area contributed by atoms with Gasteiger partial charge in [0.1, 0.15) is 0 Å². The van der Waals surface area contributed by atoms with Gasteiger partial charge in [0, 0.05) is 31.7 Å². The molecule has 1 aromatic rings. The van der Waals surface area contributed by atoms with Crippen molar-refractivity contribution in [1.82, 2.24) is 15.5 Å². The van der Waals surface area contributed by atoms with Gasteiger partial charge in [-0.2, -0.15) is 0 Å². The highest BCUT2D eigenvalue weighted by Crippen LogP contribution is 2.23. The van der Waals surface area contributed by atoms with Crippen molar-refractivity contribution in [2.45, 2.75) is 57.3 Å². The van der Waals surface area contributed by atoms with Crippen LogP contribution >= 0.6 is 0 Å². The van der Waals surface area contributed by atoms with Crippen LogP contribution in [0.1, 0.15) is 50.6 Å². The van der Waals surface area contributed by atoms with Gasteiger partial charge in [0.15, 0.2) is 0 Å². The zero-order chi connectivity index (χ0) is 14.5. The monoisotopic (exact) mass is 287 g/mol. The lowest BCUT2D eigenvalue weighted by Crippen LogP contribution is -2.59. The van der Waals surface area contributed by atoms with Gasteiger partial charge in [-0.3, -0.25) is 15.5 Å². The molecule has 3 heteroatoms. The summed E-state index contributed by atoms with van der Waals surface area (Å²) in [5, 5.41) is 7.39. The molecule has 1 saturated carbocycles. The van der Waals surface area contributed by atoms with Crippen LogP contribution in [-0.2, 0) is 0 Å². The Kier molecular flexibility index (Phi) is 5.28. The average Bonchev–Trinajstić information content (AvgIpc) is 2.57. The third-order valence-corrected chi connectivity index (χ3v) is 5.05. The summed E-state index contributed by atoms with van der Waals surface area (Å²) in [5.74, 6) is 0. The minimum absolute atomic E-state index is 0.398. The molecule has 1 aromatic carbocycles. The molecule has 116 valence electrons. The minimum Gasteiger partial charge on any atom is -0.300 e. The summed E-state index contributed by atoms with van der Waals surface area (Å²) in [6, 6.07) is 12.0. The molecule has 2 atom stereocenters. The Bertz CT molecular complexity index is 414. The summed E-state index contributed by atoms with van der Waals surface area (Å²) in [6.45, 7) is 5.72. The highest BCUT2D eigenvalue weighted by molar-refractivity contribution is 5.18. The van der Waals surface area contributed by atoms with Gasteiger partial charge in [0.25, 0.3) is 0 Å². The Hall–Kier alpha value is -0.900. The Morgan fingerprint density at radius 1 is 1.14 bits per heavy atom. The fourth-order valence-electron chi connectivity index (χ4n) is 3.80. The highest BCUT2D eigenvalue weighted by atomic mass is 15.3. The van der Waals surface area contributed by atoms with Crippen molar-refractivity contribution in [2.24, 2.45) is 0 Å². The zero-order valence-corrected chi connectivity index (χ0v) is 13.2. The van der Waals surface area contributed by atoms with Crippen molar-refractivity contribution in [2.75, 3.05) is 19.6 Å². The molecule has 0 aromatic heterocycles. The van der Waals surface area contributed by atoms with Crippen LogP contribution < -0.4 is 10.6 Å². The van der Waals surface area contributed by atoms with Gasteiger partial charge in [0.2, 0.25) is 0 Å². The van der Waals surface area contributed by atoms with Gasteiger partial charge in [-0.1, -0.05) is 49.6 Å². The fraction of sp³-hybridized carbons (Fsp3) is 0.667. The second-order valence-corrected chi connectivity index (χ2v) is 6.59. The van der Waals surface area contributed by atoms with Crippen LogP contribution in [0.2, 0.25) is 0 Å². The molecule has 1 aliphatic carbocycles. The van der Waals surface area contributed by atoms with Gasteiger partial charge in [0.05, 0.1) is 6.17 Å². The van der Waals surface area contributed by atoms with Crippen LogP contribution in [0, 0.1) is 0 Å². The van der Waals surface area contributed by atoms with E-state index in [1.807, 2.05) is 0 Å². The van der Waals surface area contributed by atoms with Crippen molar-refractivity contribution in [3.05, 3.63) is 35.9 Å². The second kappa shape index (κ2) is 7.39. The predicted octanol–water partition coefficient (Wildman–Crippen LogP) is 2.90. The molecule has 1 unspecified atom stereocenters. The maximum absolute atomic E-state index is 3.75. The topological polar surface area (TPSA) is 27.3 Å². The fourth-order valence-corrected chi connectivity index (χ4v) is 3.80. The lowest BCUT2D eigenvalue weighted by atomic mass is 9.93. The normalized spacial score (nSPS) is 26.6. The van der Waals surface area contributed by atoms with E-state index in [9.17, 15) is 0 Å². The Balaban J connectivity index is 1.53. The summed E-state index contributed by atoms with van der Waals surface area (Å²) in [7, 11) is 0. The van der Waals surface area contributed by atoms with E-state index in [0.717, 1.165) is 19.1 Å². The van der Waals surface area contributed by atoms with Crippen molar-refractivity contribution in [3.8, 4) is 0 Å². The molecular weight excluding hydrogens is 258 g/mol. The molecule has 1 heterocycles. The Morgan fingerprint density at radius 2 is 1.90 bits per heavy atom.